The van der Waals surface area contributed by atoms with Crippen molar-refractivity contribution in [3.63, 3.8) is 0 Å². The van der Waals surface area contributed by atoms with E-state index in [2.05, 4.69) is 22.9 Å². The summed E-state index contributed by atoms with van der Waals surface area (Å²) in [5.41, 5.74) is 6.18. The van der Waals surface area contributed by atoms with Crippen LogP contribution < -0.4 is 16.6 Å². The van der Waals surface area contributed by atoms with E-state index >= 15 is 0 Å². The van der Waals surface area contributed by atoms with Crippen LogP contribution in [-0.2, 0) is 0 Å². The molecule has 0 heterocycles. The molecule has 0 aliphatic heterocycles. The van der Waals surface area contributed by atoms with Gasteiger partial charge >= 0.3 is 0 Å². The molecule has 1 fully saturated rings. The van der Waals surface area contributed by atoms with Crippen molar-refractivity contribution in [2.24, 2.45) is 5.84 Å². The van der Waals surface area contributed by atoms with Crippen LogP contribution in [-0.4, -0.2) is 11.9 Å². The lowest BCUT2D eigenvalue weighted by molar-refractivity contribution is 0.0951. The van der Waals surface area contributed by atoms with Crippen molar-refractivity contribution in [1.82, 2.24) is 5.32 Å². The Balaban J connectivity index is 1.68. The first-order valence-corrected chi connectivity index (χ1v) is 7.12. The van der Waals surface area contributed by atoms with Crippen LogP contribution in [0.4, 0.5) is 5.69 Å². The number of carbonyl (C=O) groups is 1. The molecule has 4 heteroatoms. The molecule has 2 aromatic rings. The highest BCUT2D eigenvalue weighted by Gasteiger charge is 2.39. The number of nitrogen functional groups attached to an aromatic ring is 1. The summed E-state index contributed by atoms with van der Waals surface area (Å²) in [6, 6.07) is 16.1. The van der Waals surface area contributed by atoms with Gasteiger partial charge in [-0.05, 0) is 36.6 Å². The quantitative estimate of drug-likeness (QED) is 0.596. The van der Waals surface area contributed by atoms with Gasteiger partial charge in [-0.3, -0.25) is 10.6 Å². The second-order valence-electron chi connectivity index (χ2n) is 5.53. The van der Waals surface area contributed by atoms with Gasteiger partial charge in [0.2, 0.25) is 0 Å². The molecule has 2 atom stereocenters. The number of hydrogen-bond donors (Lipinski definition) is 3. The maximum absolute atomic E-state index is 12.4. The predicted octanol–water partition coefficient (Wildman–Crippen LogP) is 2.57. The highest BCUT2D eigenvalue weighted by atomic mass is 16.1. The van der Waals surface area contributed by atoms with E-state index in [0.717, 1.165) is 12.0 Å². The van der Waals surface area contributed by atoms with Gasteiger partial charge in [0.15, 0.2) is 0 Å². The van der Waals surface area contributed by atoms with Crippen molar-refractivity contribution in [3.8, 4) is 0 Å². The lowest BCUT2D eigenvalue weighted by Crippen LogP contribution is -2.28. The molecule has 2 aromatic carbocycles. The fourth-order valence-corrected chi connectivity index (χ4v) is 2.64. The number of rotatable bonds is 4. The molecule has 1 aliphatic rings. The second kappa shape index (κ2) is 5.58. The second-order valence-corrected chi connectivity index (χ2v) is 5.53. The smallest absolute Gasteiger partial charge is 0.253 e. The Labute approximate surface area is 124 Å². The molecule has 3 rings (SSSR count). The van der Waals surface area contributed by atoms with E-state index in [1.807, 2.05) is 37.3 Å². The van der Waals surface area contributed by atoms with Gasteiger partial charge in [0.05, 0.1) is 11.3 Å². The summed E-state index contributed by atoms with van der Waals surface area (Å²) in [6.07, 6.45) is 0.993. The summed E-state index contributed by atoms with van der Waals surface area (Å²) in [5, 5.41) is 3.08. The third kappa shape index (κ3) is 2.90. The molecule has 0 spiro atoms. The van der Waals surface area contributed by atoms with Crippen molar-refractivity contribution in [2.75, 3.05) is 5.43 Å². The first kappa shape index (κ1) is 13.6. The molecule has 2 unspecified atom stereocenters. The number of hydrazine groups is 1. The van der Waals surface area contributed by atoms with E-state index in [4.69, 9.17) is 5.84 Å². The van der Waals surface area contributed by atoms with Gasteiger partial charge in [0, 0.05) is 12.0 Å². The lowest BCUT2D eigenvalue weighted by Gasteiger charge is -2.10. The number of anilines is 1. The van der Waals surface area contributed by atoms with Crippen LogP contribution in [0.3, 0.4) is 0 Å². The average molecular weight is 281 g/mol. The van der Waals surface area contributed by atoms with E-state index in [9.17, 15) is 4.79 Å². The summed E-state index contributed by atoms with van der Waals surface area (Å²) in [6.45, 7) is 1.97. The van der Waals surface area contributed by atoms with E-state index in [1.54, 1.807) is 6.07 Å². The largest absolute Gasteiger partial charge is 0.349 e. The number of nitrogens with two attached hydrogens (primary N) is 1. The van der Waals surface area contributed by atoms with E-state index in [0.29, 0.717) is 17.2 Å². The minimum absolute atomic E-state index is 0.0774. The molecule has 1 saturated carbocycles. The Bertz CT molecular complexity index is 654. The first-order chi connectivity index (χ1) is 10.2. The molecule has 1 aliphatic carbocycles. The van der Waals surface area contributed by atoms with Gasteiger partial charge in [-0.1, -0.05) is 36.4 Å². The zero-order chi connectivity index (χ0) is 14.8. The Kier molecular flexibility index (Phi) is 3.62. The maximum Gasteiger partial charge on any atom is 0.253 e. The minimum Gasteiger partial charge on any atom is -0.349 e. The van der Waals surface area contributed by atoms with Crippen molar-refractivity contribution >= 4 is 11.6 Å². The monoisotopic (exact) mass is 281 g/mol. The lowest BCUT2D eigenvalue weighted by atomic mass is 10.1. The summed E-state index contributed by atoms with van der Waals surface area (Å²) < 4.78 is 0. The zero-order valence-electron chi connectivity index (χ0n) is 12.0. The van der Waals surface area contributed by atoms with Crippen LogP contribution in [0.15, 0.2) is 48.5 Å². The zero-order valence-corrected chi connectivity index (χ0v) is 12.0. The SMILES string of the molecule is Cc1ccc(C(=O)NC2CC2c2ccccc2)c(NN)c1. The fourth-order valence-electron chi connectivity index (χ4n) is 2.64. The number of amides is 1. The number of benzene rings is 2. The van der Waals surface area contributed by atoms with E-state index in [1.165, 1.54) is 5.56 Å². The van der Waals surface area contributed by atoms with Crippen LogP contribution in [0.2, 0.25) is 0 Å². The summed E-state index contributed by atoms with van der Waals surface area (Å²) in [5.74, 6) is 5.84. The van der Waals surface area contributed by atoms with Crippen LogP contribution in [0, 0.1) is 6.92 Å². The number of nitrogens with one attached hydrogen (secondary N) is 2. The molecular formula is C17H19N3O. The fraction of sp³-hybridized carbons (Fsp3) is 0.235. The molecule has 0 radical (unpaired) electrons. The third-order valence-corrected chi connectivity index (χ3v) is 3.91. The molecule has 108 valence electrons. The van der Waals surface area contributed by atoms with Crippen molar-refractivity contribution in [2.45, 2.75) is 25.3 Å². The van der Waals surface area contributed by atoms with Crippen LogP contribution in [0.25, 0.3) is 0 Å². The molecular weight excluding hydrogens is 262 g/mol. The first-order valence-electron chi connectivity index (χ1n) is 7.12. The highest BCUT2D eigenvalue weighted by Crippen LogP contribution is 2.40. The van der Waals surface area contributed by atoms with Crippen molar-refractivity contribution in [1.29, 1.82) is 0 Å². The molecule has 1 amide bonds. The van der Waals surface area contributed by atoms with Gasteiger partial charge in [0.1, 0.15) is 0 Å². The highest BCUT2D eigenvalue weighted by molar-refractivity contribution is 6.00. The third-order valence-electron chi connectivity index (χ3n) is 3.91. The molecule has 0 aromatic heterocycles. The van der Waals surface area contributed by atoms with Gasteiger partial charge in [-0.2, -0.15) is 0 Å². The molecule has 4 nitrogen and oxygen atoms in total. The Hall–Kier alpha value is -2.33. The van der Waals surface area contributed by atoms with E-state index in [-0.39, 0.29) is 11.9 Å². The summed E-state index contributed by atoms with van der Waals surface area (Å²) >= 11 is 0. The molecule has 4 N–H and O–H groups in total. The van der Waals surface area contributed by atoms with Crippen LogP contribution in [0.1, 0.15) is 33.8 Å². The minimum atomic E-state index is -0.0774. The summed E-state index contributed by atoms with van der Waals surface area (Å²) in [4.78, 5) is 12.4. The molecule has 0 saturated heterocycles. The van der Waals surface area contributed by atoms with Gasteiger partial charge in [-0.25, -0.2) is 0 Å². The molecule has 0 bridgehead atoms. The Morgan fingerprint density at radius 2 is 1.95 bits per heavy atom. The predicted molar refractivity (Wildman–Crippen MR) is 84.0 cm³/mol. The average Bonchev–Trinajstić information content (AvgIpc) is 3.27. The van der Waals surface area contributed by atoms with Crippen molar-refractivity contribution < 1.29 is 4.79 Å². The maximum atomic E-state index is 12.4. The van der Waals surface area contributed by atoms with Crippen molar-refractivity contribution in [3.05, 3.63) is 65.2 Å². The Morgan fingerprint density at radius 3 is 2.67 bits per heavy atom. The molecule has 21 heavy (non-hydrogen) atoms. The van der Waals surface area contributed by atoms with Gasteiger partial charge < -0.3 is 10.7 Å². The van der Waals surface area contributed by atoms with Crippen LogP contribution >= 0.6 is 0 Å². The standard InChI is InChI=1S/C17H19N3O/c1-11-7-8-13(16(9-11)20-18)17(21)19-15-10-14(15)12-5-3-2-4-6-12/h2-9,14-15,20H,10,18H2,1H3,(H,19,21). The van der Waals surface area contributed by atoms with Gasteiger partial charge in [0.25, 0.3) is 5.91 Å². The normalized spacial score (nSPS) is 19.9. The van der Waals surface area contributed by atoms with Crippen LogP contribution in [0.5, 0.6) is 0 Å². The number of aryl methyl sites for hydroxylation is 1. The van der Waals surface area contributed by atoms with E-state index < -0.39 is 0 Å². The summed E-state index contributed by atoms with van der Waals surface area (Å²) in [7, 11) is 0. The topological polar surface area (TPSA) is 67.2 Å². The Morgan fingerprint density at radius 1 is 1.19 bits per heavy atom. The number of carbonyl (C=O) groups excluding carboxylic acids is 1. The number of hydrogen-bond acceptors (Lipinski definition) is 3. The van der Waals surface area contributed by atoms with Gasteiger partial charge in [-0.15, -0.1) is 0 Å².